The van der Waals surface area contributed by atoms with Gasteiger partial charge < -0.3 is 10.2 Å². The molecule has 19 heavy (non-hydrogen) atoms. The van der Waals surface area contributed by atoms with Crippen LogP contribution in [0.4, 0.5) is 5.82 Å². The van der Waals surface area contributed by atoms with E-state index in [1.807, 2.05) is 6.20 Å². The molecule has 102 valence electrons. The van der Waals surface area contributed by atoms with Gasteiger partial charge in [0, 0.05) is 24.7 Å². The molecule has 3 nitrogen and oxygen atoms in total. The lowest BCUT2D eigenvalue weighted by Crippen LogP contribution is -2.22. The third-order valence-corrected chi connectivity index (χ3v) is 4.33. The van der Waals surface area contributed by atoms with Gasteiger partial charge in [-0.1, -0.05) is 19.1 Å². The van der Waals surface area contributed by atoms with Crippen LogP contribution in [-0.2, 0) is 6.54 Å². The molecule has 0 radical (unpaired) electrons. The Bertz CT molecular complexity index is 479. The number of aromatic nitrogens is 1. The normalized spacial score (nSPS) is 12.4. The van der Waals surface area contributed by atoms with Crippen LogP contribution in [0.2, 0.25) is 0 Å². The fraction of sp³-hybridized carbons (Fsp3) is 0.400. The number of hydrogen-bond acceptors (Lipinski definition) is 4. The molecule has 0 aliphatic rings. The largest absolute Gasteiger partial charge is 0.352 e. The van der Waals surface area contributed by atoms with Crippen LogP contribution in [0.25, 0.3) is 0 Å². The summed E-state index contributed by atoms with van der Waals surface area (Å²) in [5.41, 5.74) is 1.22. The first-order valence-corrected chi connectivity index (χ1v) is 7.52. The average molecular weight is 275 g/mol. The molecule has 0 aliphatic carbocycles. The number of nitrogens with one attached hydrogen (secondary N) is 1. The van der Waals surface area contributed by atoms with E-state index in [1.54, 1.807) is 11.3 Å². The minimum atomic E-state index is 0.354. The van der Waals surface area contributed by atoms with Gasteiger partial charge in [-0.05, 0) is 36.5 Å². The molecule has 2 heterocycles. The van der Waals surface area contributed by atoms with Gasteiger partial charge in [0.05, 0.1) is 6.04 Å². The van der Waals surface area contributed by atoms with Crippen LogP contribution in [-0.4, -0.2) is 18.6 Å². The van der Waals surface area contributed by atoms with Crippen molar-refractivity contribution in [2.24, 2.45) is 0 Å². The van der Waals surface area contributed by atoms with Crippen molar-refractivity contribution in [3.05, 3.63) is 46.3 Å². The van der Waals surface area contributed by atoms with Crippen LogP contribution < -0.4 is 10.2 Å². The lowest BCUT2D eigenvalue weighted by atomic mass is 10.2. The zero-order valence-electron chi connectivity index (χ0n) is 11.8. The molecule has 0 bridgehead atoms. The third kappa shape index (κ3) is 3.55. The quantitative estimate of drug-likeness (QED) is 0.875. The van der Waals surface area contributed by atoms with Gasteiger partial charge in [0.25, 0.3) is 0 Å². The number of pyridine rings is 1. The van der Waals surface area contributed by atoms with E-state index in [4.69, 9.17) is 0 Å². The van der Waals surface area contributed by atoms with Gasteiger partial charge in [0.2, 0.25) is 0 Å². The highest BCUT2D eigenvalue weighted by atomic mass is 32.1. The molecule has 1 unspecified atom stereocenters. The number of nitrogens with zero attached hydrogens (tertiary/aromatic N) is 2. The van der Waals surface area contributed by atoms with Gasteiger partial charge in [0.1, 0.15) is 5.82 Å². The topological polar surface area (TPSA) is 28.2 Å². The highest BCUT2D eigenvalue weighted by Gasteiger charge is 2.13. The van der Waals surface area contributed by atoms with Crippen LogP contribution in [0.3, 0.4) is 0 Å². The van der Waals surface area contributed by atoms with E-state index in [9.17, 15) is 0 Å². The lowest BCUT2D eigenvalue weighted by molar-refractivity contribution is 0.718. The van der Waals surface area contributed by atoms with Crippen molar-refractivity contribution in [3.63, 3.8) is 0 Å². The molecule has 0 saturated carbocycles. The van der Waals surface area contributed by atoms with Gasteiger partial charge in [-0.3, -0.25) is 0 Å². The summed E-state index contributed by atoms with van der Waals surface area (Å²) in [7, 11) is 2.09. The van der Waals surface area contributed by atoms with Crippen LogP contribution in [0.1, 0.15) is 30.3 Å². The summed E-state index contributed by atoms with van der Waals surface area (Å²) in [5.74, 6) is 1.01. The molecule has 0 amide bonds. The number of anilines is 1. The van der Waals surface area contributed by atoms with E-state index in [-0.39, 0.29) is 0 Å². The second kappa shape index (κ2) is 6.68. The Hall–Kier alpha value is -1.39. The summed E-state index contributed by atoms with van der Waals surface area (Å²) in [4.78, 5) is 8.13. The predicted molar refractivity (Wildman–Crippen MR) is 82.8 cm³/mol. The SMILES string of the molecule is CCNCc1ccc(N(C)C(C)c2cccs2)nc1. The van der Waals surface area contributed by atoms with Crippen molar-refractivity contribution < 1.29 is 0 Å². The van der Waals surface area contributed by atoms with Crippen molar-refractivity contribution in [1.29, 1.82) is 0 Å². The highest BCUT2D eigenvalue weighted by Crippen LogP contribution is 2.26. The zero-order chi connectivity index (χ0) is 13.7. The Morgan fingerprint density at radius 2 is 2.21 bits per heavy atom. The monoisotopic (exact) mass is 275 g/mol. The number of thiophene rings is 1. The summed E-state index contributed by atoms with van der Waals surface area (Å²) in [6, 6.07) is 8.86. The fourth-order valence-electron chi connectivity index (χ4n) is 1.92. The van der Waals surface area contributed by atoms with Crippen LogP contribution in [0, 0.1) is 0 Å². The summed E-state index contributed by atoms with van der Waals surface area (Å²) in [5, 5.41) is 5.42. The molecule has 2 aromatic heterocycles. The van der Waals surface area contributed by atoms with Gasteiger partial charge in [-0.15, -0.1) is 11.3 Å². The van der Waals surface area contributed by atoms with Gasteiger partial charge in [0.15, 0.2) is 0 Å². The molecule has 2 rings (SSSR count). The first-order chi connectivity index (χ1) is 9.22. The molecule has 0 aromatic carbocycles. The first kappa shape index (κ1) is 14.0. The highest BCUT2D eigenvalue weighted by molar-refractivity contribution is 7.10. The first-order valence-electron chi connectivity index (χ1n) is 6.64. The molecule has 4 heteroatoms. The Kier molecular flexibility index (Phi) is 4.93. The van der Waals surface area contributed by atoms with E-state index in [0.717, 1.165) is 18.9 Å². The Balaban J connectivity index is 2.05. The zero-order valence-corrected chi connectivity index (χ0v) is 12.6. The second-order valence-corrected chi connectivity index (χ2v) is 5.59. The van der Waals surface area contributed by atoms with E-state index < -0.39 is 0 Å². The second-order valence-electron chi connectivity index (χ2n) is 4.61. The van der Waals surface area contributed by atoms with Crippen LogP contribution in [0.5, 0.6) is 0 Å². The van der Waals surface area contributed by atoms with Crippen molar-refractivity contribution in [2.75, 3.05) is 18.5 Å². The lowest BCUT2D eigenvalue weighted by Gasteiger charge is -2.25. The number of hydrogen-bond donors (Lipinski definition) is 1. The molecular weight excluding hydrogens is 254 g/mol. The summed E-state index contributed by atoms with van der Waals surface area (Å²) in [6.45, 7) is 6.18. The van der Waals surface area contributed by atoms with Gasteiger partial charge in [-0.25, -0.2) is 4.98 Å². The summed E-state index contributed by atoms with van der Waals surface area (Å²) in [6.07, 6.45) is 1.95. The molecule has 0 saturated heterocycles. The minimum Gasteiger partial charge on any atom is -0.352 e. The van der Waals surface area contributed by atoms with E-state index in [1.165, 1.54) is 10.4 Å². The molecule has 0 spiro atoms. The minimum absolute atomic E-state index is 0.354. The van der Waals surface area contributed by atoms with Crippen molar-refractivity contribution in [3.8, 4) is 0 Å². The number of rotatable bonds is 6. The summed E-state index contributed by atoms with van der Waals surface area (Å²) < 4.78 is 0. The molecule has 2 aromatic rings. The Morgan fingerprint density at radius 3 is 2.79 bits per heavy atom. The molecular formula is C15H21N3S. The predicted octanol–water partition coefficient (Wildman–Crippen LogP) is 3.45. The smallest absolute Gasteiger partial charge is 0.128 e. The van der Waals surface area contributed by atoms with E-state index in [2.05, 4.69) is 65.7 Å². The van der Waals surface area contributed by atoms with Crippen molar-refractivity contribution in [1.82, 2.24) is 10.3 Å². The van der Waals surface area contributed by atoms with Crippen molar-refractivity contribution >= 4 is 17.2 Å². The molecule has 1 N–H and O–H groups in total. The molecule has 0 fully saturated rings. The van der Waals surface area contributed by atoms with Gasteiger partial charge >= 0.3 is 0 Å². The maximum absolute atomic E-state index is 4.55. The maximum atomic E-state index is 4.55. The third-order valence-electron chi connectivity index (χ3n) is 3.29. The standard InChI is InChI=1S/C15H21N3S/c1-4-16-10-13-7-8-15(17-11-13)18(3)12(2)14-6-5-9-19-14/h5-9,11-12,16H,4,10H2,1-3H3. The fourth-order valence-corrected chi connectivity index (χ4v) is 2.74. The van der Waals surface area contributed by atoms with Crippen LogP contribution >= 0.6 is 11.3 Å². The molecule has 0 aliphatic heterocycles. The Labute approximate surface area is 119 Å². The average Bonchev–Trinajstić information content (AvgIpc) is 2.98. The van der Waals surface area contributed by atoms with E-state index >= 15 is 0 Å². The molecule has 1 atom stereocenters. The van der Waals surface area contributed by atoms with Gasteiger partial charge in [-0.2, -0.15) is 0 Å². The Morgan fingerprint density at radius 1 is 1.37 bits per heavy atom. The van der Waals surface area contributed by atoms with Crippen molar-refractivity contribution in [2.45, 2.75) is 26.4 Å². The summed E-state index contributed by atoms with van der Waals surface area (Å²) >= 11 is 1.79. The van der Waals surface area contributed by atoms with Crippen LogP contribution in [0.15, 0.2) is 35.8 Å². The van der Waals surface area contributed by atoms with E-state index in [0.29, 0.717) is 6.04 Å². The maximum Gasteiger partial charge on any atom is 0.128 e.